The lowest BCUT2D eigenvalue weighted by Gasteiger charge is -2.15. The van der Waals surface area contributed by atoms with Crippen LogP contribution in [0, 0.1) is 13.8 Å². The molecule has 3 N–H and O–H groups in total. The second kappa shape index (κ2) is 6.51. The van der Waals surface area contributed by atoms with E-state index in [0.717, 1.165) is 17.0 Å². The molecule has 2 unspecified atom stereocenters. The number of carbonyl (C=O) groups is 1. The van der Waals surface area contributed by atoms with E-state index in [1.807, 2.05) is 20.8 Å². The minimum Gasteiger partial charge on any atom is -0.383 e. The van der Waals surface area contributed by atoms with E-state index in [2.05, 4.69) is 10.5 Å². The summed E-state index contributed by atoms with van der Waals surface area (Å²) in [7, 11) is 1.51. The Bertz CT molecular complexity index is 384. The number of ether oxygens (including phenoxy) is 1. The molecule has 0 fully saturated rings. The molecule has 1 heterocycles. The summed E-state index contributed by atoms with van der Waals surface area (Å²) < 4.78 is 9.93. The number of nitrogens with zero attached hydrogens (tertiary/aromatic N) is 1. The highest BCUT2D eigenvalue weighted by Gasteiger charge is 2.18. The highest BCUT2D eigenvalue weighted by atomic mass is 16.5. The van der Waals surface area contributed by atoms with E-state index < -0.39 is 6.04 Å². The van der Waals surface area contributed by atoms with Gasteiger partial charge in [-0.05, 0) is 13.8 Å². The Morgan fingerprint density at radius 2 is 2.22 bits per heavy atom. The van der Waals surface area contributed by atoms with Crippen molar-refractivity contribution in [2.45, 2.75) is 32.7 Å². The molecule has 0 aliphatic heterocycles. The maximum atomic E-state index is 11.6. The summed E-state index contributed by atoms with van der Waals surface area (Å²) in [5.41, 5.74) is 7.52. The first-order chi connectivity index (χ1) is 8.47. The molecule has 18 heavy (non-hydrogen) atoms. The normalized spacial score (nSPS) is 14.3. The van der Waals surface area contributed by atoms with Crippen LogP contribution < -0.4 is 11.1 Å². The molecule has 0 aliphatic carbocycles. The highest BCUT2D eigenvalue weighted by molar-refractivity contribution is 5.81. The molecule has 1 aromatic heterocycles. The molecular formula is C12H21N3O3. The Kier molecular flexibility index (Phi) is 5.30. The topological polar surface area (TPSA) is 90.4 Å². The Morgan fingerprint density at radius 1 is 1.56 bits per heavy atom. The first-order valence-electron chi connectivity index (χ1n) is 5.92. The first kappa shape index (κ1) is 14.7. The molecule has 0 saturated heterocycles. The predicted molar refractivity (Wildman–Crippen MR) is 67.3 cm³/mol. The summed E-state index contributed by atoms with van der Waals surface area (Å²) in [6.45, 7) is 6.48. The first-order valence-corrected chi connectivity index (χ1v) is 5.92. The SMILES string of the molecule is COCC(N)C(=O)NCC(C)c1c(C)noc1C. The number of nitrogens with one attached hydrogen (secondary N) is 1. The fraction of sp³-hybridized carbons (Fsp3) is 0.667. The predicted octanol–water partition coefficient (Wildman–Crippen LogP) is 0.485. The fourth-order valence-corrected chi connectivity index (χ4v) is 1.94. The van der Waals surface area contributed by atoms with Gasteiger partial charge in [-0.25, -0.2) is 0 Å². The van der Waals surface area contributed by atoms with Gasteiger partial charge >= 0.3 is 0 Å². The van der Waals surface area contributed by atoms with Crippen molar-refractivity contribution in [3.63, 3.8) is 0 Å². The van der Waals surface area contributed by atoms with Crippen molar-refractivity contribution in [1.29, 1.82) is 0 Å². The van der Waals surface area contributed by atoms with E-state index in [0.29, 0.717) is 6.54 Å². The Hall–Kier alpha value is -1.40. The Morgan fingerprint density at radius 3 is 2.72 bits per heavy atom. The second-order valence-electron chi connectivity index (χ2n) is 4.45. The van der Waals surface area contributed by atoms with Crippen molar-refractivity contribution in [2.75, 3.05) is 20.3 Å². The number of amides is 1. The summed E-state index contributed by atoms with van der Waals surface area (Å²) in [6, 6.07) is -0.633. The average molecular weight is 255 g/mol. The van der Waals surface area contributed by atoms with E-state index in [-0.39, 0.29) is 18.4 Å². The van der Waals surface area contributed by atoms with Crippen molar-refractivity contribution >= 4 is 5.91 Å². The van der Waals surface area contributed by atoms with Gasteiger partial charge in [0.05, 0.1) is 12.3 Å². The molecule has 0 spiro atoms. The van der Waals surface area contributed by atoms with E-state index in [1.165, 1.54) is 7.11 Å². The molecule has 1 amide bonds. The van der Waals surface area contributed by atoms with Crippen LogP contribution in [-0.2, 0) is 9.53 Å². The number of rotatable bonds is 6. The van der Waals surface area contributed by atoms with Crippen LogP contribution in [0.15, 0.2) is 4.52 Å². The van der Waals surface area contributed by atoms with E-state index in [4.69, 9.17) is 15.0 Å². The number of methoxy groups -OCH3 is 1. The maximum absolute atomic E-state index is 11.6. The van der Waals surface area contributed by atoms with Crippen LogP contribution in [-0.4, -0.2) is 37.4 Å². The number of hydrogen-bond acceptors (Lipinski definition) is 5. The molecule has 2 atom stereocenters. The van der Waals surface area contributed by atoms with Gasteiger partial charge in [0.25, 0.3) is 0 Å². The third-order valence-corrected chi connectivity index (χ3v) is 2.85. The molecule has 0 radical (unpaired) electrons. The van der Waals surface area contributed by atoms with Gasteiger partial charge < -0.3 is 20.3 Å². The largest absolute Gasteiger partial charge is 0.383 e. The van der Waals surface area contributed by atoms with E-state index in [9.17, 15) is 4.79 Å². The van der Waals surface area contributed by atoms with Gasteiger partial charge in [-0.2, -0.15) is 0 Å². The zero-order valence-electron chi connectivity index (χ0n) is 11.3. The van der Waals surface area contributed by atoms with Crippen LogP contribution in [0.5, 0.6) is 0 Å². The van der Waals surface area contributed by atoms with Crippen LogP contribution in [0.2, 0.25) is 0 Å². The summed E-state index contributed by atoms with van der Waals surface area (Å²) in [5, 5.41) is 6.69. The lowest BCUT2D eigenvalue weighted by Crippen LogP contribution is -2.44. The van der Waals surface area contributed by atoms with Crippen LogP contribution in [0.25, 0.3) is 0 Å². The van der Waals surface area contributed by atoms with Gasteiger partial charge in [0.15, 0.2) is 0 Å². The van der Waals surface area contributed by atoms with Gasteiger partial charge in [-0.1, -0.05) is 12.1 Å². The Balaban J connectivity index is 2.51. The number of nitrogens with two attached hydrogens (primary N) is 1. The quantitative estimate of drug-likeness (QED) is 0.771. The van der Waals surface area contributed by atoms with Crippen LogP contribution in [0.4, 0.5) is 0 Å². The van der Waals surface area contributed by atoms with Crippen molar-refractivity contribution < 1.29 is 14.1 Å². The van der Waals surface area contributed by atoms with Gasteiger partial charge in [-0.3, -0.25) is 4.79 Å². The smallest absolute Gasteiger partial charge is 0.239 e. The summed E-state index contributed by atoms with van der Waals surface area (Å²) in [4.78, 5) is 11.6. The van der Waals surface area contributed by atoms with Crippen molar-refractivity contribution in [2.24, 2.45) is 5.73 Å². The molecular weight excluding hydrogens is 234 g/mol. The van der Waals surface area contributed by atoms with E-state index in [1.54, 1.807) is 0 Å². The van der Waals surface area contributed by atoms with Crippen LogP contribution >= 0.6 is 0 Å². The standard InChI is InChI=1S/C12H21N3O3/c1-7(11-8(2)15-18-9(11)3)5-14-12(16)10(13)6-17-4/h7,10H,5-6,13H2,1-4H3,(H,14,16). The lowest BCUT2D eigenvalue weighted by molar-refractivity contribution is -0.123. The molecule has 102 valence electrons. The number of hydrogen-bond donors (Lipinski definition) is 2. The zero-order chi connectivity index (χ0) is 13.7. The molecule has 0 aromatic carbocycles. The minimum absolute atomic E-state index is 0.134. The third-order valence-electron chi connectivity index (χ3n) is 2.85. The van der Waals surface area contributed by atoms with Crippen LogP contribution in [0.1, 0.15) is 29.9 Å². The van der Waals surface area contributed by atoms with Crippen molar-refractivity contribution in [1.82, 2.24) is 10.5 Å². The number of carbonyl (C=O) groups excluding carboxylic acids is 1. The Labute approximate surface area is 107 Å². The lowest BCUT2D eigenvalue weighted by atomic mass is 9.99. The van der Waals surface area contributed by atoms with Gasteiger partial charge in [0.1, 0.15) is 11.8 Å². The highest BCUT2D eigenvalue weighted by Crippen LogP contribution is 2.22. The number of aromatic nitrogens is 1. The van der Waals surface area contributed by atoms with Crippen molar-refractivity contribution in [3.8, 4) is 0 Å². The fourth-order valence-electron chi connectivity index (χ4n) is 1.94. The van der Waals surface area contributed by atoms with Crippen molar-refractivity contribution in [3.05, 3.63) is 17.0 Å². The minimum atomic E-state index is -0.633. The molecule has 0 saturated carbocycles. The second-order valence-corrected chi connectivity index (χ2v) is 4.45. The molecule has 1 aromatic rings. The maximum Gasteiger partial charge on any atom is 0.239 e. The summed E-state index contributed by atoms with van der Waals surface area (Å²) in [6.07, 6.45) is 0. The summed E-state index contributed by atoms with van der Waals surface area (Å²) >= 11 is 0. The average Bonchev–Trinajstić information content (AvgIpc) is 2.66. The van der Waals surface area contributed by atoms with Gasteiger partial charge in [0, 0.05) is 25.1 Å². The van der Waals surface area contributed by atoms with Gasteiger partial charge in [0.2, 0.25) is 5.91 Å². The van der Waals surface area contributed by atoms with Crippen LogP contribution in [0.3, 0.4) is 0 Å². The van der Waals surface area contributed by atoms with Gasteiger partial charge in [-0.15, -0.1) is 0 Å². The zero-order valence-corrected chi connectivity index (χ0v) is 11.3. The monoisotopic (exact) mass is 255 g/mol. The molecule has 6 nitrogen and oxygen atoms in total. The molecule has 6 heteroatoms. The third kappa shape index (κ3) is 3.54. The summed E-state index contributed by atoms with van der Waals surface area (Å²) in [5.74, 6) is 0.709. The molecule has 1 rings (SSSR count). The molecule has 0 aliphatic rings. The molecule has 0 bridgehead atoms. The van der Waals surface area contributed by atoms with E-state index >= 15 is 0 Å². The number of aryl methyl sites for hydroxylation is 2.